The predicted molar refractivity (Wildman–Crippen MR) is 170 cm³/mol. The van der Waals surface area contributed by atoms with Crippen LogP contribution in [-0.2, 0) is 14.2 Å². The first-order chi connectivity index (χ1) is 20.1. The van der Waals surface area contributed by atoms with E-state index in [1.807, 2.05) is 37.3 Å². The van der Waals surface area contributed by atoms with Crippen molar-refractivity contribution in [2.24, 2.45) is 23.7 Å². The van der Waals surface area contributed by atoms with Crippen molar-refractivity contribution in [3.05, 3.63) is 62.5 Å². The van der Waals surface area contributed by atoms with Gasteiger partial charge in [-0.25, -0.2) is 0 Å². The molecule has 2 aromatic rings. The number of methoxy groups -OCH3 is 1. The van der Waals surface area contributed by atoms with Gasteiger partial charge in [-0.2, -0.15) is 0 Å². The minimum Gasteiger partial charge on any atom is -0.504 e. The molecular weight excluding hydrogens is 646 g/mol. The second kappa shape index (κ2) is 12.9. The third kappa shape index (κ3) is 5.90. The molecule has 1 aliphatic carbocycles. The van der Waals surface area contributed by atoms with Crippen LogP contribution < -0.4 is 4.74 Å². The van der Waals surface area contributed by atoms with E-state index >= 15 is 0 Å². The van der Waals surface area contributed by atoms with Crippen LogP contribution in [-0.4, -0.2) is 58.7 Å². The summed E-state index contributed by atoms with van der Waals surface area (Å²) in [6.45, 7) is 6.67. The SMILES string of the molecule is CCCN1C(=O)[C@@H]2[C@@H](CC(C(C)C)=C3[C@@H](CC/C(=C/c4cc(I)c(O)c(OC)c4)c4ccccn4)OB(O)C[C@@H]32)C1=O. The average Bonchev–Trinajstić information content (AvgIpc) is 3.21. The second-order valence-electron chi connectivity index (χ2n) is 11.7. The molecule has 2 saturated heterocycles. The van der Waals surface area contributed by atoms with Gasteiger partial charge in [0.1, 0.15) is 0 Å². The number of imide groups is 1. The number of aromatic nitrogens is 1. The first kappa shape index (κ1) is 30.8. The maximum Gasteiger partial charge on any atom is 0.455 e. The second-order valence-corrected chi connectivity index (χ2v) is 12.9. The van der Waals surface area contributed by atoms with Crippen LogP contribution in [0.15, 0.2) is 47.7 Å². The molecule has 0 bridgehead atoms. The number of halogens is 1. The molecule has 4 atom stereocenters. The molecule has 222 valence electrons. The number of fused-ring (bicyclic) bond motifs is 3. The topological polar surface area (TPSA) is 109 Å². The monoisotopic (exact) mass is 684 g/mol. The van der Waals surface area contributed by atoms with Crippen LogP contribution in [0.4, 0.5) is 0 Å². The van der Waals surface area contributed by atoms with Crippen LogP contribution in [0.5, 0.6) is 11.5 Å². The van der Waals surface area contributed by atoms with E-state index in [1.54, 1.807) is 12.3 Å². The molecule has 0 spiro atoms. The van der Waals surface area contributed by atoms with Crippen molar-refractivity contribution in [2.75, 3.05) is 13.7 Å². The molecular formula is C32H38BIN2O6. The number of hydrogen-bond donors (Lipinski definition) is 2. The Labute approximate surface area is 261 Å². The van der Waals surface area contributed by atoms with Gasteiger partial charge in [-0.3, -0.25) is 19.5 Å². The molecule has 2 aliphatic heterocycles. The van der Waals surface area contributed by atoms with E-state index in [0.717, 1.165) is 28.8 Å². The van der Waals surface area contributed by atoms with Crippen molar-refractivity contribution in [1.82, 2.24) is 9.88 Å². The highest BCUT2D eigenvalue weighted by Crippen LogP contribution is 2.52. The van der Waals surface area contributed by atoms with Crippen molar-refractivity contribution in [3.8, 4) is 11.5 Å². The van der Waals surface area contributed by atoms with E-state index in [9.17, 15) is 19.7 Å². The summed E-state index contributed by atoms with van der Waals surface area (Å²) in [4.78, 5) is 32.9. The maximum atomic E-state index is 13.6. The zero-order chi connectivity index (χ0) is 30.1. The van der Waals surface area contributed by atoms with Crippen LogP contribution >= 0.6 is 22.6 Å². The third-order valence-electron chi connectivity index (χ3n) is 8.76. The highest BCUT2D eigenvalue weighted by atomic mass is 127. The molecule has 0 saturated carbocycles. The van der Waals surface area contributed by atoms with Crippen LogP contribution in [0, 0.1) is 27.2 Å². The number of pyridine rings is 1. The number of carbonyl (C=O) groups excluding carboxylic acids is 2. The molecule has 2 N–H and O–H groups in total. The van der Waals surface area contributed by atoms with Crippen molar-refractivity contribution in [2.45, 2.75) is 58.9 Å². The Bertz CT molecular complexity index is 1410. The Morgan fingerprint density at radius 1 is 1.26 bits per heavy atom. The molecule has 0 radical (unpaired) electrons. The lowest BCUT2D eigenvalue weighted by molar-refractivity contribution is -0.140. The first-order valence-electron chi connectivity index (χ1n) is 14.7. The number of hydrogen-bond acceptors (Lipinski definition) is 7. The number of ether oxygens (including phenoxy) is 1. The van der Waals surface area contributed by atoms with Gasteiger partial charge >= 0.3 is 7.12 Å². The van der Waals surface area contributed by atoms with Crippen LogP contribution in [0.1, 0.15) is 57.7 Å². The van der Waals surface area contributed by atoms with Crippen LogP contribution in [0.25, 0.3) is 11.6 Å². The standard InChI is InChI=1S/C32H38BIN2O6/c1-5-12-36-31(38)22-16-21(18(2)3)28-23(29(22)32(36)39)17-33(40)42-26(28)10-9-20(25-8-6-7-11-35-25)13-19-14-24(34)30(37)27(15-19)41-4/h6-8,11,13-15,18,22-23,26,29,37,40H,5,9-10,12,16-17H2,1-4H3/b20-13-/t22-,23+,26-,29-/m1/s1. The summed E-state index contributed by atoms with van der Waals surface area (Å²) < 4.78 is 12.3. The number of aromatic hydroxyl groups is 1. The fourth-order valence-corrected chi connectivity index (χ4v) is 7.53. The predicted octanol–water partition coefficient (Wildman–Crippen LogP) is 5.58. The van der Waals surface area contributed by atoms with Crippen LogP contribution in [0.2, 0.25) is 6.32 Å². The van der Waals surface area contributed by atoms with E-state index in [-0.39, 0.29) is 41.4 Å². The lowest BCUT2D eigenvalue weighted by atomic mass is 9.57. The number of phenolic OH excluding ortho intramolecular Hbond substituents is 1. The van der Waals surface area contributed by atoms with Gasteiger partial charge in [0.2, 0.25) is 11.8 Å². The first-order valence-corrected chi connectivity index (χ1v) is 15.8. The molecule has 2 fully saturated rings. The Morgan fingerprint density at radius 3 is 2.71 bits per heavy atom. The molecule has 8 nitrogen and oxygen atoms in total. The van der Waals surface area contributed by atoms with Gasteiger partial charge in [-0.15, -0.1) is 0 Å². The molecule has 3 aliphatic rings. The van der Waals surface area contributed by atoms with Crippen molar-refractivity contribution in [1.29, 1.82) is 0 Å². The van der Waals surface area contributed by atoms with E-state index in [2.05, 4.69) is 41.4 Å². The molecule has 3 heterocycles. The number of allylic oxidation sites excluding steroid dienone is 2. The fourth-order valence-electron chi connectivity index (χ4n) is 6.91. The van der Waals surface area contributed by atoms with Crippen molar-refractivity contribution >= 4 is 53.2 Å². The quantitative estimate of drug-likeness (QED) is 0.154. The van der Waals surface area contributed by atoms with Crippen molar-refractivity contribution in [3.63, 3.8) is 0 Å². The molecule has 1 aromatic heterocycles. The Kier molecular flexibility index (Phi) is 9.44. The summed E-state index contributed by atoms with van der Waals surface area (Å²) in [5.74, 6) is -0.519. The molecule has 10 heteroatoms. The smallest absolute Gasteiger partial charge is 0.455 e. The van der Waals surface area contributed by atoms with Gasteiger partial charge in [0, 0.05) is 12.7 Å². The van der Waals surface area contributed by atoms with Crippen molar-refractivity contribution < 1.29 is 29.1 Å². The lowest BCUT2D eigenvalue weighted by Gasteiger charge is -2.44. The Balaban J connectivity index is 1.50. The van der Waals surface area contributed by atoms with Gasteiger partial charge in [0.15, 0.2) is 11.5 Å². The van der Waals surface area contributed by atoms with E-state index in [1.165, 1.54) is 17.6 Å². The molecule has 1 aromatic carbocycles. The van der Waals surface area contributed by atoms with Gasteiger partial charge in [0.05, 0.1) is 34.3 Å². The van der Waals surface area contributed by atoms with E-state index in [4.69, 9.17) is 9.39 Å². The minimum absolute atomic E-state index is 0.0686. The van der Waals surface area contributed by atoms with Gasteiger partial charge in [0.25, 0.3) is 0 Å². The summed E-state index contributed by atoms with van der Waals surface area (Å²) in [6.07, 6.45) is 6.18. The highest BCUT2D eigenvalue weighted by molar-refractivity contribution is 14.1. The number of phenols is 1. The number of nitrogens with zero attached hydrogens (tertiary/aromatic N) is 2. The third-order valence-corrected chi connectivity index (χ3v) is 9.58. The number of benzene rings is 1. The molecule has 0 unspecified atom stereocenters. The largest absolute Gasteiger partial charge is 0.504 e. The van der Waals surface area contributed by atoms with Gasteiger partial charge in [-0.1, -0.05) is 32.4 Å². The highest BCUT2D eigenvalue weighted by Gasteiger charge is 2.57. The normalized spacial score (nSPS) is 24.4. The number of likely N-dealkylation sites (tertiary alicyclic amines) is 1. The Morgan fingerprint density at radius 2 is 2.05 bits per heavy atom. The average molecular weight is 684 g/mol. The van der Waals surface area contributed by atoms with Gasteiger partial charge in [-0.05, 0) is 113 Å². The number of rotatable bonds is 9. The number of amides is 2. The Hall–Kier alpha value is -2.70. The fraction of sp³-hybridized carbons (Fsp3) is 0.469. The molecule has 42 heavy (non-hydrogen) atoms. The summed E-state index contributed by atoms with van der Waals surface area (Å²) in [7, 11) is 0.517. The summed E-state index contributed by atoms with van der Waals surface area (Å²) >= 11 is 2.09. The van der Waals surface area contributed by atoms with Crippen LogP contribution in [0.3, 0.4) is 0 Å². The molecule has 5 rings (SSSR count). The maximum absolute atomic E-state index is 13.6. The zero-order valence-corrected chi connectivity index (χ0v) is 26.7. The summed E-state index contributed by atoms with van der Waals surface area (Å²) in [6, 6.07) is 9.47. The van der Waals surface area contributed by atoms with Gasteiger partial charge < -0.3 is 19.5 Å². The zero-order valence-electron chi connectivity index (χ0n) is 24.5. The summed E-state index contributed by atoms with van der Waals surface area (Å²) in [5.41, 5.74) is 4.93. The van der Waals surface area contributed by atoms with E-state index < -0.39 is 13.0 Å². The van der Waals surface area contributed by atoms with E-state index in [0.29, 0.717) is 41.4 Å². The lowest BCUT2D eigenvalue weighted by Crippen LogP contribution is -2.46. The summed E-state index contributed by atoms with van der Waals surface area (Å²) in [5, 5.41) is 21.2. The number of carbonyl (C=O) groups is 2. The minimum atomic E-state index is -1.01. The molecule has 2 amide bonds.